The maximum atomic E-state index is 13.4. The SMILES string of the molecule is CC1CCCCC1N(C)c1ccc(F)cc1C(N)=NO. The molecule has 0 radical (unpaired) electrons. The molecule has 1 aromatic rings. The van der Waals surface area contributed by atoms with E-state index < -0.39 is 0 Å². The van der Waals surface area contributed by atoms with Crippen molar-refractivity contribution in [3.8, 4) is 0 Å². The van der Waals surface area contributed by atoms with E-state index in [-0.39, 0.29) is 11.7 Å². The summed E-state index contributed by atoms with van der Waals surface area (Å²) in [7, 11) is 1.99. The smallest absolute Gasteiger partial charge is 0.172 e. The Balaban J connectivity index is 2.36. The summed E-state index contributed by atoms with van der Waals surface area (Å²) in [6, 6.07) is 4.82. The van der Waals surface area contributed by atoms with E-state index in [0.717, 1.165) is 12.1 Å². The Morgan fingerprint density at radius 1 is 1.40 bits per heavy atom. The van der Waals surface area contributed by atoms with Gasteiger partial charge in [0.2, 0.25) is 0 Å². The van der Waals surface area contributed by atoms with Gasteiger partial charge in [0.1, 0.15) is 5.82 Å². The molecule has 2 unspecified atom stereocenters. The van der Waals surface area contributed by atoms with Gasteiger partial charge < -0.3 is 15.8 Å². The second-order valence-electron chi connectivity index (χ2n) is 5.59. The lowest BCUT2D eigenvalue weighted by atomic mass is 9.84. The van der Waals surface area contributed by atoms with Gasteiger partial charge in [0.05, 0.1) is 0 Å². The van der Waals surface area contributed by atoms with E-state index in [1.807, 2.05) is 7.05 Å². The van der Waals surface area contributed by atoms with E-state index in [1.54, 1.807) is 6.07 Å². The summed E-state index contributed by atoms with van der Waals surface area (Å²) in [5, 5.41) is 11.9. The van der Waals surface area contributed by atoms with Crippen LogP contribution < -0.4 is 10.6 Å². The Morgan fingerprint density at radius 3 is 2.75 bits per heavy atom. The number of halogens is 1. The van der Waals surface area contributed by atoms with Crippen molar-refractivity contribution in [2.45, 2.75) is 38.6 Å². The van der Waals surface area contributed by atoms with Crippen molar-refractivity contribution < 1.29 is 9.60 Å². The van der Waals surface area contributed by atoms with Gasteiger partial charge in [0, 0.05) is 24.3 Å². The molecule has 0 aromatic heterocycles. The minimum absolute atomic E-state index is 0.0604. The Kier molecular flexibility index (Phi) is 4.47. The molecule has 110 valence electrons. The molecular formula is C15H22FN3O. The zero-order valence-electron chi connectivity index (χ0n) is 12.0. The molecule has 0 aliphatic heterocycles. The first-order valence-electron chi connectivity index (χ1n) is 7.05. The summed E-state index contributed by atoms with van der Waals surface area (Å²) >= 11 is 0. The Hall–Kier alpha value is -1.78. The monoisotopic (exact) mass is 279 g/mol. The average Bonchev–Trinajstić information content (AvgIpc) is 2.46. The third kappa shape index (κ3) is 2.86. The molecule has 0 heterocycles. The van der Waals surface area contributed by atoms with Crippen LogP contribution in [0.4, 0.5) is 10.1 Å². The Morgan fingerprint density at radius 2 is 2.10 bits per heavy atom. The lowest BCUT2D eigenvalue weighted by molar-refractivity contribution is 0.318. The quantitative estimate of drug-likeness (QED) is 0.387. The highest BCUT2D eigenvalue weighted by Gasteiger charge is 2.27. The molecule has 2 rings (SSSR count). The second kappa shape index (κ2) is 6.11. The topological polar surface area (TPSA) is 61.8 Å². The number of anilines is 1. The normalized spacial score (nSPS) is 23.6. The van der Waals surface area contributed by atoms with Crippen molar-refractivity contribution in [1.82, 2.24) is 0 Å². The summed E-state index contributed by atoms with van der Waals surface area (Å²) in [5.74, 6) is 0.134. The van der Waals surface area contributed by atoms with Crippen LogP contribution in [0, 0.1) is 11.7 Å². The summed E-state index contributed by atoms with van der Waals surface area (Å²) in [6.45, 7) is 2.24. The number of oxime groups is 1. The lowest BCUT2D eigenvalue weighted by Crippen LogP contribution is -2.40. The highest BCUT2D eigenvalue weighted by atomic mass is 19.1. The highest BCUT2D eigenvalue weighted by molar-refractivity contribution is 6.02. The zero-order valence-corrected chi connectivity index (χ0v) is 12.0. The van der Waals surface area contributed by atoms with Crippen LogP contribution in [0.25, 0.3) is 0 Å². The number of hydrogen-bond donors (Lipinski definition) is 2. The summed E-state index contributed by atoms with van der Waals surface area (Å²) < 4.78 is 13.4. The molecule has 20 heavy (non-hydrogen) atoms. The maximum absolute atomic E-state index is 13.4. The van der Waals surface area contributed by atoms with Crippen molar-refractivity contribution >= 4 is 11.5 Å². The minimum atomic E-state index is -0.388. The Bertz CT molecular complexity index is 504. The first kappa shape index (κ1) is 14.6. The van der Waals surface area contributed by atoms with E-state index in [2.05, 4.69) is 17.0 Å². The molecule has 1 aromatic carbocycles. The number of nitrogens with two attached hydrogens (primary N) is 1. The number of benzene rings is 1. The van der Waals surface area contributed by atoms with E-state index in [1.165, 1.54) is 31.4 Å². The Labute approximate surface area is 119 Å². The van der Waals surface area contributed by atoms with Crippen molar-refractivity contribution in [3.05, 3.63) is 29.6 Å². The van der Waals surface area contributed by atoms with Crippen LogP contribution in [0.5, 0.6) is 0 Å². The molecule has 0 amide bonds. The van der Waals surface area contributed by atoms with Crippen LogP contribution >= 0.6 is 0 Å². The van der Waals surface area contributed by atoms with Gasteiger partial charge in [-0.25, -0.2) is 4.39 Å². The predicted octanol–water partition coefficient (Wildman–Crippen LogP) is 2.94. The molecular weight excluding hydrogens is 257 g/mol. The van der Waals surface area contributed by atoms with E-state index >= 15 is 0 Å². The fourth-order valence-electron chi connectivity index (χ4n) is 3.13. The largest absolute Gasteiger partial charge is 0.409 e. The molecule has 1 aliphatic carbocycles. The molecule has 4 nitrogen and oxygen atoms in total. The predicted molar refractivity (Wildman–Crippen MR) is 78.7 cm³/mol. The molecule has 1 aliphatic rings. The molecule has 1 fully saturated rings. The van der Waals surface area contributed by atoms with Crippen molar-refractivity contribution in [1.29, 1.82) is 0 Å². The van der Waals surface area contributed by atoms with Gasteiger partial charge in [0.15, 0.2) is 5.84 Å². The average molecular weight is 279 g/mol. The first-order chi connectivity index (χ1) is 9.54. The molecule has 3 N–H and O–H groups in total. The van der Waals surface area contributed by atoms with Crippen LogP contribution in [0.1, 0.15) is 38.2 Å². The summed E-state index contributed by atoms with van der Waals surface area (Å²) in [4.78, 5) is 2.14. The van der Waals surface area contributed by atoms with Gasteiger partial charge >= 0.3 is 0 Å². The number of amidine groups is 1. The second-order valence-corrected chi connectivity index (χ2v) is 5.59. The van der Waals surface area contributed by atoms with Crippen LogP contribution in [0.2, 0.25) is 0 Å². The van der Waals surface area contributed by atoms with Gasteiger partial charge in [-0.05, 0) is 37.0 Å². The first-order valence-corrected chi connectivity index (χ1v) is 7.05. The molecule has 1 saturated carbocycles. The lowest BCUT2D eigenvalue weighted by Gasteiger charge is -2.38. The third-order valence-electron chi connectivity index (χ3n) is 4.29. The van der Waals surface area contributed by atoms with Crippen molar-refractivity contribution in [3.63, 3.8) is 0 Å². The van der Waals surface area contributed by atoms with E-state index in [9.17, 15) is 4.39 Å². The van der Waals surface area contributed by atoms with Gasteiger partial charge in [-0.2, -0.15) is 0 Å². The summed E-state index contributed by atoms with van der Waals surface area (Å²) in [6.07, 6.45) is 4.79. The van der Waals surface area contributed by atoms with Gasteiger partial charge in [-0.1, -0.05) is 24.9 Å². The van der Waals surface area contributed by atoms with E-state index in [4.69, 9.17) is 10.9 Å². The van der Waals surface area contributed by atoms with Gasteiger partial charge in [0.25, 0.3) is 0 Å². The molecule has 0 bridgehead atoms. The highest BCUT2D eigenvalue weighted by Crippen LogP contribution is 2.32. The third-order valence-corrected chi connectivity index (χ3v) is 4.29. The maximum Gasteiger partial charge on any atom is 0.172 e. The molecule has 2 atom stereocenters. The molecule has 5 heteroatoms. The van der Waals surface area contributed by atoms with E-state index in [0.29, 0.717) is 17.5 Å². The standard InChI is InChI=1S/C15H22FN3O/c1-10-5-3-4-6-13(10)19(2)14-8-7-11(16)9-12(14)15(17)18-20/h7-10,13,20H,3-6H2,1-2H3,(H2,17,18). The van der Waals surface area contributed by atoms with Crippen LogP contribution in [-0.2, 0) is 0 Å². The van der Waals surface area contributed by atoms with Gasteiger partial charge in [-0.3, -0.25) is 0 Å². The van der Waals surface area contributed by atoms with Crippen LogP contribution in [0.3, 0.4) is 0 Å². The van der Waals surface area contributed by atoms with Crippen molar-refractivity contribution in [2.75, 3.05) is 11.9 Å². The number of rotatable bonds is 3. The fraction of sp³-hybridized carbons (Fsp3) is 0.533. The van der Waals surface area contributed by atoms with Crippen LogP contribution in [-0.4, -0.2) is 24.1 Å². The summed E-state index contributed by atoms with van der Waals surface area (Å²) in [5.41, 5.74) is 6.92. The van der Waals surface area contributed by atoms with Crippen LogP contribution in [0.15, 0.2) is 23.4 Å². The molecule has 0 spiro atoms. The molecule has 0 saturated heterocycles. The van der Waals surface area contributed by atoms with Gasteiger partial charge in [-0.15, -0.1) is 0 Å². The zero-order chi connectivity index (χ0) is 14.7. The fourth-order valence-corrected chi connectivity index (χ4v) is 3.13. The number of nitrogens with zero attached hydrogens (tertiary/aromatic N) is 2. The van der Waals surface area contributed by atoms with Crippen molar-refractivity contribution in [2.24, 2.45) is 16.8 Å². The number of hydrogen-bond acceptors (Lipinski definition) is 3. The minimum Gasteiger partial charge on any atom is -0.409 e.